The molecular weight excluding hydrogens is 379 g/mol. The zero-order chi connectivity index (χ0) is 14.4. The van der Waals surface area contributed by atoms with Crippen LogP contribution in [0.3, 0.4) is 0 Å². The maximum atomic E-state index is 11.6. The molecule has 1 aromatic rings. The lowest BCUT2D eigenvalue weighted by atomic mass is 10.1. The first kappa shape index (κ1) is 17.7. The predicted octanol–water partition coefficient (Wildman–Crippen LogP) is 1.72. The lowest BCUT2D eigenvalue weighted by molar-refractivity contribution is -0.128. The van der Waals surface area contributed by atoms with Crippen molar-refractivity contribution in [3.05, 3.63) is 35.4 Å². The highest BCUT2D eigenvalue weighted by Gasteiger charge is 2.19. The van der Waals surface area contributed by atoms with Gasteiger partial charge >= 0.3 is 0 Å². The number of hydrogen-bond donors (Lipinski definition) is 2. The summed E-state index contributed by atoms with van der Waals surface area (Å²) in [5.41, 5.74) is 2.37. The van der Waals surface area contributed by atoms with E-state index in [9.17, 15) is 4.79 Å². The Labute approximate surface area is 143 Å². The van der Waals surface area contributed by atoms with Crippen molar-refractivity contribution in [2.24, 2.45) is 4.99 Å². The quantitative estimate of drug-likeness (QED) is 0.458. The van der Waals surface area contributed by atoms with Gasteiger partial charge in [0.25, 0.3) is 0 Å². The van der Waals surface area contributed by atoms with Crippen LogP contribution in [-0.4, -0.2) is 37.4 Å². The summed E-state index contributed by atoms with van der Waals surface area (Å²) in [6.07, 6.45) is 1.68. The highest BCUT2D eigenvalue weighted by atomic mass is 127. The third-order valence-corrected chi connectivity index (χ3v) is 3.46. The van der Waals surface area contributed by atoms with Crippen molar-refractivity contribution in [2.75, 3.05) is 20.6 Å². The Balaban J connectivity index is 0.00000220. The second-order valence-corrected chi connectivity index (χ2v) is 4.91. The molecule has 0 bridgehead atoms. The minimum absolute atomic E-state index is 0. The SMILES string of the molecule is CN=C(NC)NCc1cccc(CN2CCCC2=O)c1.I. The Bertz CT molecular complexity index is 504. The molecule has 116 valence electrons. The van der Waals surface area contributed by atoms with Gasteiger partial charge in [-0.15, -0.1) is 24.0 Å². The fourth-order valence-corrected chi connectivity index (χ4v) is 2.39. The molecule has 1 aliphatic rings. The van der Waals surface area contributed by atoms with Gasteiger partial charge in [0.05, 0.1) is 0 Å². The zero-order valence-electron chi connectivity index (χ0n) is 12.6. The maximum Gasteiger partial charge on any atom is 0.222 e. The molecule has 21 heavy (non-hydrogen) atoms. The van der Waals surface area contributed by atoms with Gasteiger partial charge in [-0.05, 0) is 17.5 Å². The molecule has 5 nitrogen and oxygen atoms in total. The number of likely N-dealkylation sites (tertiary alicyclic amines) is 1. The van der Waals surface area contributed by atoms with Crippen molar-refractivity contribution in [3.63, 3.8) is 0 Å². The smallest absolute Gasteiger partial charge is 0.222 e. The standard InChI is InChI=1S/C15H22N4O.HI/c1-16-15(17-2)18-10-12-5-3-6-13(9-12)11-19-8-4-7-14(19)20;/h3,5-6,9H,4,7-8,10-11H2,1-2H3,(H2,16,17,18);1H. The summed E-state index contributed by atoms with van der Waals surface area (Å²) >= 11 is 0. The predicted molar refractivity (Wildman–Crippen MR) is 95.8 cm³/mol. The van der Waals surface area contributed by atoms with Crippen LogP contribution in [0.2, 0.25) is 0 Å². The first-order chi connectivity index (χ1) is 9.72. The van der Waals surface area contributed by atoms with Gasteiger partial charge < -0.3 is 15.5 Å². The average molecular weight is 402 g/mol. The van der Waals surface area contributed by atoms with E-state index in [1.165, 1.54) is 11.1 Å². The van der Waals surface area contributed by atoms with Gasteiger partial charge in [0.1, 0.15) is 0 Å². The summed E-state index contributed by atoms with van der Waals surface area (Å²) in [4.78, 5) is 17.7. The zero-order valence-corrected chi connectivity index (χ0v) is 14.9. The third kappa shape index (κ3) is 5.18. The van der Waals surface area contributed by atoms with E-state index in [1.54, 1.807) is 7.05 Å². The highest BCUT2D eigenvalue weighted by Crippen LogP contribution is 2.15. The summed E-state index contributed by atoms with van der Waals surface area (Å²) in [6.45, 7) is 2.32. The molecule has 2 rings (SSSR count). The lowest BCUT2D eigenvalue weighted by Gasteiger charge is -2.16. The van der Waals surface area contributed by atoms with Crippen LogP contribution in [0.5, 0.6) is 0 Å². The molecule has 1 heterocycles. The number of benzene rings is 1. The summed E-state index contributed by atoms with van der Waals surface area (Å²) in [7, 11) is 3.58. The molecule has 1 aliphatic heterocycles. The topological polar surface area (TPSA) is 56.7 Å². The second kappa shape index (κ2) is 8.86. The Morgan fingerprint density at radius 1 is 1.38 bits per heavy atom. The van der Waals surface area contributed by atoms with Crippen molar-refractivity contribution in [2.45, 2.75) is 25.9 Å². The summed E-state index contributed by atoms with van der Waals surface area (Å²) in [5, 5.41) is 6.21. The van der Waals surface area contributed by atoms with Crippen LogP contribution in [0.25, 0.3) is 0 Å². The number of guanidine groups is 1. The molecule has 1 amide bonds. The van der Waals surface area contributed by atoms with Gasteiger partial charge in [-0.25, -0.2) is 0 Å². The van der Waals surface area contributed by atoms with Crippen molar-refractivity contribution in [1.82, 2.24) is 15.5 Å². The van der Waals surface area contributed by atoms with E-state index < -0.39 is 0 Å². The Morgan fingerprint density at radius 2 is 2.14 bits per heavy atom. The second-order valence-electron chi connectivity index (χ2n) is 4.91. The molecule has 0 spiro atoms. The van der Waals surface area contributed by atoms with Gasteiger partial charge in [-0.3, -0.25) is 9.79 Å². The number of halogens is 1. The van der Waals surface area contributed by atoms with Gasteiger partial charge in [0, 0.05) is 40.2 Å². The third-order valence-electron chi connectivity index (χ3n) is 3.46. The van der Waals surface area contributed by atoms with Crippen LogP contribution in [0.15, 0.2) is 29.3 Å². The molecule has 0 aliphatic carbocycles. The van der Waals surface area contributed by atoms with Gasteiger partial charge in [-0.2, -0.15) is 0 Å². The molecule has 0 atom stereocenters. The van der Waals surface area contributed by atoms with Crippen molar-refractivity contribution in [3.8, 4) is 0 Å². The average Bonchev–Trinajstić information content (AvgIpc) is 2.86. The number of carbonyl (C=O) groups is 1. The molecule has 1 aromatic carbocycles. The van der Waals surface area contributed by atoms with E-state index >= 15 is 0 Å². The van der Waals surface area contributed by atoms with E-state index in [2.05, 4.69) is 33.8 Å². The summed E-state index contributed by atoms with van der Waals surface area (Å²) < 4.78 is 0. The van der Waals surface area contributed by atoms with Gasteiger partial charge in [-0.1, -0.05) is 24.3 Å². The molecule has 0 aromatic heterocycles. The molecule has 0 radical (unpaired) electrons. The van der Waals surface area contributed by atoms with Crippen LogP contribution in [0, 0.1) is 0 Å². The van der Waals surface area contributed by atoms with E-state index in [0.717, 1.165) is 25.5 Å². The molecule has 0 saturated carbocycles. The van der Waals surface area contributed by atoms with E-state index in [0.29, 0.717) is 13.0 Å². The number of nitrogens with one attached hydrogen (secondary N) is 2. The van der Waals surface area contributed by atoms with Crippen LogP contribution in [-0.2, 0) is 17.9 Å². The molecular formula is C15H23IN4O. The Morgan fingerprint density at radius 3 is 2.76 bits per heavy atom. The van der Waals surface area contributed by atoms with Crippen LogP contribution in [0.4, 0.5) is 0 Å². The minimum Gasteiger partial charge on any atom is -0.359 e. The minimum atomic E-state index is 0. The van der Waals surface area contributed by atoms with E-state index in [-0.39, 0.29) is 29.9 Å². The lowest BCUT2D eigenvalue weighted by Crippen LogP contribution is -2.34. The highest BCUT2D eigenvalue weighted by molar-refractivity contribution is 14.0. The van der Waals surface area contributed by atoms with Crippen LogP contribution in [0.1, 0.15) is 24.0 Å². The Hall–Kier alpha value is -1.31. The number of amides is 1. The van der Waals surface area contributed by atoms with Crippen molar-refractivity contribution >= 4 is 35.8 Å². The van der Waals surface area contributed by atoms with Crippen molar-refractivity contribution < 1.29 is 4.79 Å². The fourth-order valence-electron chi connectivity index (χ4n) is 2.39. The van der Waals surface area contributed by atoms with Crippen LogP contribution < -0.4 is 10.6 Å². The van der Waals surface area contributed by atoms with Gasteiger partial charge in [0.15, 0.2) is 5.96 Å². The van der Waals surface area contributed by atoms with Crippen LogP contribution >= 0.6 is 24.0 Å². The number of hydrogen-bond acceptors (Lipinski definition) is 2. The first-order valence-corrected chi connectivity index (χ1v) is 6.97. The molecule has 0 unspecified atom stereocenters. The number of carbonyl (C=O) groups excluding carboxylic acids is 1. The van der Waals surface area contributed by atoms with E-state index in [4.69, 9.17) is 0 Å². The normalized spacial score (nSPS) is 14.9. The maximum absolute atomic E-state index is 11.6. The summed E-state index contributed by atoms with van der Waals surface area (Å²) in [5.74, 6) is 1.04. The Kier molecular flexibility index (Phi) is 7.49. The van der Waals surface area contributed by atoms with Gasteiger partial charge in [0.2, 0.25) is 5.91 Å². The first-order valence-electron chi connectivity index (χ1n) is 6.97. The van der Waals surface area contributed by atoms with Crippen molar-refractivity contribution in [1.29, 1.82) is 0 Å². The largest absolute Gasteiger partial charge is 0.359 e. The van der Waals surface area contributed by atoms with E-state index in [1.807, 2.05) is 18.0 Å². The number of nitrogens with zero attached hydrogens (tertiary/aromatic N) is 2. The molecule has 2 N–H and O–H groups in total. The molecule has 1 fully saturated rings. The molecule has 6 heteroatoms. The number of aliphatic imine (C=N–C) groups is 1. The number of rotatable bonds is 4. The molecule has 1 saturated heterocycles. The summed E-state index contributed by atoms with van der Waals surface area (Å²) in [6, 6.07) is 8.32. The fraction of sp³-hybridized carbons (Fsp3) is 0.467. The monoisotopic (exact) mass is 402 g/mol.